The Morgan fingerprint density at radius 3 is 2.19 bits per heavy atom. The smallest absolute Gasteiger partial charge is 0.410 e. The number of likely N-dealkylation sites (tertiary alicyclic amines) is 1. The van der Waals surface area contributed by atoms with Crippen LogP contribution < -0.4 is 0 Å². The normalized spacial score (nSPS) is 32.9. The lowest BCUT2D eigenvalue weighted by Crippen LogP contribution is -2.37. The van der Waals surface area contributed by atoms with E-state index < -0.39 is 17.9 Å². The first kappa shape index (κ1) is 11.6. The average molecular weight is 233 g/mol. The number of hydrogen-bond acceptors (Lipinski definition) is 2. The molecular formula is C11H17F2NO2. The summed E-state index contributed by atoms with van der Waals surface area (Å²) in [6, 6.07) is 0. The van der Waals surface area contributed by atoms with Gasteiger partial charge in [-0.05, 0) is 32.6 Å². The van der Waals surface area contributed by atoms with Gasteiger partial charge in [0.15, 0.2) is 0 Å². The van der Waals surface area contributed by atoms with Gasteiger partial charge in [0.1, 0.15) is 5.60 Å². The fraction of sp³-hybridized carbons (Fsp3) is 0.909. The second-order valence-corrected chi connectivity index (χ2v) is 5.62. The van der Waals surface area contributed by atoms with Crippen molar-refractivity contribution in [2.24, 2.45) is 17.8 Å². The minimum Gasteiger partial charge on any atom is -0.444 e. The van der Waals surface area contributed by atoms with Crippen LogP contribution in [-0.2, 0) is 4.74 Å². The molecule has 1 aliphatic heterocycles. The van der Waals surface area contributed by atoms with E-state index in [4.69, 9.17) is 4.74 Å². The average Bonchev–Trinajstić information content (AvgIpc) is 2.60. The number of amides is 1. The van der Waals surface area contributed by atoms with Gasteiger partial charge in [-0.25, -0.2) is 13.6 Å². The van der Waals surface area contributed by atoms with Crippen LogP contribution in [0.4, 0.5) is 13.6 Å². The zero-order chi connectivity index (χ0) is 12.1. The molecule has 0 aromatic rings. The third-order valence-corrected chi connectivity index (χ3v) is 3.20. The summed E-state index contributed by atoms with van der Waals surface area (Å²) in [6.07, 6.45) is -2.62. The van der Waals surface area contributed by atoms with Gasteiger partial charge < -0.3 is 9.64 Å². The molecule has 92 valence electrons. The van der Waals surface area contributed by atoms with E-state index in [0.717, 1.165) is 0 Å². The maximum atomic E-state index is 12.4. The molecule has 2 atom stereocenters. The van der Waals surface area contributed by atoms with E-state index in [1.807, 2.05) is 0 Å². The molecular weight excluding hydrogens is 216 g/mol. The standard InChI is InChI=1S/C11H17F2NO2/c1-11(2,3)16-10(15)14-4-6-7(5-14)8(6)9(12)13/h6-9H,4-5H2,1-3H3. The lowest BCUT2D eigenvalue weighted by atomic mass is 10.2. The molecule has 0 bridgehead atoms. The second-order valence-electron chi connectivity index (χ2n) is 5.62. The summed E-state index contributed by atoms with van der Waals surface area (Å²) < 4.78 is 30.0. The summed E-state index contributed by atoms with van der Waals surface area (Å²) in [5.74, 6) is -0.501. The molecule has 0 aromatic carbocycles. The molecule has 3 nitrogen and oxygen atoms in total. The Kier molecular flexibility index (Phi) is 2.59. The van der Waals surface area contributed by atoms with Crippen LogP contribution in [0.15, 0.2) is 0 Å². The summed E-state index contributed by atoms with van der Waals surface area (Å²) in [7, 11) is 0. The van der Waals surface area contributed by atoms with Gasteiger partial charge in [0, 0.05) is 19.0 Å². The molecule has 2 aliphatic rings. The lowest BCUT2D eigenvalue weighted by molar-refractivity contribution is 0.0228. The molecule has 0 aromatic heterocycles. The lowest BCUT2D eigenvalue weighted by Gasteiger charge is -2.25. The summed E-state index contributed by atoms with van der Waals surface area (Å²) in [5.41, 5.74) is -0.522. The molecule has 1 heterocycles. The van der Waals surface area contributed by atoms with Gasteiger partial charge in [0.25, 0.3) is 0 Å². The fourth-order valence-electron chi connectivity index (χ4n) is 2.42. The van der Waals surface area contributed by atoms with Crippen LogP contribution >= 0.6 is 0 Å². The molecule has 2 rings (SSSR count). The first-order valence-electron chi connectivity index (χ1n) is 5.55. The molecule has 1 amide bonds. The highest BCUT2D eigenvalue weighted by Crippen LogP contribution is 2.54. The van der Waals surface area contributed by atoms with Crippen molar-refractivity contribution in [3.05, 3.63) is 0 Å². The zero-order valence-corrected chi connectivity index (χ0v) is 9.74. The Balaban J connectivity index is 1.82. The van der Waals surface area contributed by atoms with Gasteiger partial charge in [-0.15, -0.1) is 0 Å². The predicted octanol–water partition coefficient (Wildman–Crippen LogP) is 2.36. The Bertz CT molecular complexity index is 289. The van der Waals surface area contributed by atoms with Crippen LogP contribution in [0.3, 0.4) is 0 Å². The number of fused-ring (bicyclic) bond motifs is 1. The monoisotopic (exact) mass is 233 g/mol. The van der Waals surface area contributed by atoms with Crippen molar-refractivity contribution in [3.8, 4) is 0 Å². The summed E-state index contributed by atoms with van der Waals surface area (Å²) in [4.78, 5) is 13.2. The number of nitrogens with zero attached hydrogens (tertiary/aromatic N) is 1. The highest BCUT2D eigenvalue weighted by atomic mass is 19.3. The van der Waals surface area contributed by atoms with Gasteiger partial charge in [-0.1, -0.05) is 0 Å². The van der Waals surface area contributed by atoms with Crippen LogP contribution in [0.25, 0.3) is 0 Å². The third kappa shape index (κ3) is 2.13. The van der Waals surface area contributed by atoms with Gasteiger partial charge >= 0.3 is 6.09 Å². The van der Waals surface area contributed by atoms with Gasteiger partial charge in [0.05, 0.1) is 0 Å². The van der Waals surface area contributed by atoms with E-state index in [0.29, 0.717) is 13.1 Å². The van der Waals surface area contributed by atoms with Crippen molar-refractivity contribution < 1.29 is 18.3 Å². The van der Waals surface area contributed by atoms with Gasteiger partial charge in [-0.3, -0.25) is 0 Å². The molecule has 1 saturated heterocycles. The van der Waals surface area contributed by atoms with Gasteiger partial charge in [-0.2, -0.15) is 0 Å². The zero-order valence-electron chi connectivity index (χ0n) is 9.74. The molecule has 16 heavy (non-hydrogen) atoms. The molecule has 1 aliphatic carbocycles. The number of carbonyl (C=O) groups is 1. The van der Waals surface area contributed by atoms with Crippen molar-refractivity contribution in [1.29, 1.82) is 0 Å². The van der Waals surface area contributed by atoms with E-state index in [9.17, 15) is 13.6 Å². The number of ether oxygens (including phenoxy) is 1. The number of rotatable bonds is 1. The molecule has 0 radical (unpaired) electrons. The quantitative estimate of drug-likeness (QED) is 0.695. The Hall–Kier alpha value is -0.870. The van der Waals surface area contributed by atoms with Crippen LogP contribution in [0, 0.1) is 17.8 Å². The molecule has 0 spiro atoms. The predicted molar refractivity (Wildman–Crippen MR) is 54.3 cm³/mol. The second kappa shape index (κ2) is 3.57. The summed E-state index contributed by atoms with van der Waals surface area (Å²) >= 11 is 0. The largest absolute Gasteiger partial charge is 0.444 e. The third-order valence-electron chi connectivity index (χ3n) is 3.20. The first-order valence-corrected chi connectivity index (χ1v) is 5.55. The minimum atomic E-state index is -2.24. The number of halogens is 2. The van der Waals surface area contributed by atoms with Crippen LogP contribution in [-0.4, -0.2) is 36.1 Å². The number of hydrogen-bond donors (Lipinski definition) is 0. The minimum absolute atomic E-state index is 0.00693. The maximum Gasteiger partial charge on any atom is 0.410 e. The number of carbonyl (C=O) groups excluding carboxylic acids is 1. The van der Waals surface area contributed by atoms with E-state index in [-0.39, 0.29) is 17.9 Å². The van der Waals surface area contributed by atoms with Crippen LogP contribution in [0.1, 0.15) is 20.8 Å². The van der Waals surface area contributed by atoms with Crippen molar-refractivity contribution in [2.75, 3.05) is 13.1 Å². The molecule has 1 saturated carbocycles. The number of piperidine rings is 1. The van der Waals surface area contributed by atoms with E-state index in [1.54, 1.807) is 25.7 Å². The molecule has 0 N–H and O–H groups in total. The topological polar surface area (TPSA) is 29.5 Å². The molecule has 2 fully saturated rings. The highest BCUT2D eigenvalue weighted by Gasteiger charge is 2.61. The first-order chi connectivity index (χ1) is 7.29. The van der Waals surface area contributed by atoms with Crippen molar-refractivity contribution >= 4 is 6.09 Å². The van der Waals surface area contributed by atoms with Crippen molar-refractivity contribution in [2.45, 2.75) is 32.8 Å². The van der Waals surface area contributed by atoms with Crippen molar-refractivity contribution in [1.82, 2.24) is 4.90 Å². The van der Waals surface area contributed by atoms with E-state index in [2.05, 4.69) is 0 Å². The van der Waals surface area contributed by atoms with Crippen LogP contribution in [0.2, 0.25) is 0 Å². The summed E-state index contributed by atoms with van der Waals surface area (Å²) in [6.45, 7) is 6.24. The number of alkyl halides is 2. The maximum absolute atomic E-state index is 12.4. The highest BCUT2D eigenvalue weighted by molar-refractivity contribution is 5.69. The molecule has 5 heteroatoms. The Morgan fingerprint density at radius 1 is 1.31 bits per heavy atom. The van der Waals surface area contributed by atoms with Crippen LogP contribution in [0.5, 0.6) is 0 Å². The SMILES string of the molecule is CC(C)(C)OC(=O)N1CC2C(C1)C2C(F)F. The van der Waals surface area contributed by atoms with Gasteiger partial charge in [0.2, 0.25) is 6.43 Å². The summed E-state index contributed by atoms with van der Waals surface area (Å²) in [5, 5.41) is 0. The fourth-order valence-corrected chi connectivity index (χ4v) is 2.42. The Morgan fingerprint density at radius 2 is 1.81 bits per heavy atom. The van der Waals surface area contributed by atoms with Crippen molar-refractivity contribution in [3.63, 3.8) is 0 Å². The molecule has 2 unspecified atom stereocenters. The van der Waals surface area contributed by atoms with E-state index >= 15 is 0 Å². The van der Waals surface area contributed by atoms with E-state index in [1.165, 1.54) is 0 Å². The Labute approximate surface area is 93.7 Å².